The summed E-state index contributed by atoms with van der Waals surface area (Å²) >= 11 is 12.2. The molecule has 1 heterocycles. The molecule has 1 fully saturated rings. The predicted molar refractivity (Wildman–Crippen MR) is 84.5 cm³/mol. The summed E-state index contributed by atoms with van der Waals surface area (Å²) in [5.74, 6) is 0.516. The van der Waals surface area contributed by atoms with Gasteiger partial charge < -0.3 is 4.90 Å². The minimum Gasteiger partial charge on any atom is -0.368 e. The van der Waals surface area contributed by atoms with Crippen LogP contribution < -0.4 is 4.90 Å². The second-order valence-corrected chi connectivity index (χ2v) is 5.87. The SMILES string of the molecule is CCC(C)N1CCN(c2ccc(CCl)cc2Cl)CC1. The van der Waals surface area contributed by atoms with Crippen LogP contribution in [0, 0.1) is 0 Å². The molecular formula is C15H22Cl2N2. The molecule has 1 atom stereocenters. The maximum Gasteiger partial charge on any atom is 0.0642 e. The van der Waals surface area contributed by atoms with Gasteiger partial charge in [0.1, 0.15) is 0 Å². The van der Waals surface area contributed by atoms with Crippen molar-refractivity contribution in [1.29, 1.82) is 0 Å². The van der Waals surface area contributed by atoms with E-state index in [4.69, 9.17) is 23.2 Å². The topological polar surface area (TPSA) is 6.48 Å². The summed E-state index contributed by atoms with van der Waals surface area (Å²) < 4.78 is 0. The third-order valence-electron chi connectivity index (χ3n) is 4.04. The molecule has 0 aliphatic carbocycles. The minimum atomic E-state index is 0.516. The molecule has 4 heteroatoms. The Morgan fingerprint density at radius 1 is 1.21 bits per heavy atom. The highest BCUT2D eigenvalue weighted by Crippen LogP contribution is 2.28. The van der Waals surface area contributed by atoms with Crippen molar-refractivity contribution in [3.05, 3.63) is 28.8 Å². The zero-order valence-corrected chi connectivity index (χ0v) is 13.2. The lowest BCUT2D eigenvalue weighted by Crippen LogP contribution is -2.49. The highest BCUT2D eigenvalue weighted by molar-refractivity contribution is 6.33. The van der Waals surface area contributed by atoms with E-state index in [0.29, 0.717) is 11.9 Å². The van der Waals surface area contributed by atoms with Gasteiger partial charge in [0, 0.05) is 38.1 Å². The maximum atomic E-state index is 6.35. The van der Waals surface area contributed by atoms with E-state index in [-0.39, 0.29) is 0 Å². The molecule has 2 rings (SSSR count). The molecular weight excluding hydrogens is 279 g/mol. The molecule has 0 radical (unpaired) electrons. The molecule has 0 amide bonds. The molecule has 1 aliphatic heterocycles. The van der Waals surface area contributed by atoms with Crippen molar-refractivity contribution in [2.24, 2.45) is 0 Å². The molecule has 0 spiro atoms. The third kappa shape index (κ3) is 3.56. The summed E-state index contributed by atoms with van der Waals surface area (Å²) in [5, 5.41) is 0.815. The monoisotopic (exact) mass is 300 g/mol. The number of piperazine rings is 1. The van der Waals surface area contributed by atoms with Crippen LogP contribution in [0.2, 0.25) is 5.02 Å². The van der Waals surface area contributed by atoms with Crippen molar-refractivity contribution in [3.8, 4) is 0 Å². The highest BCUT2D eigenvalue weighted by atomic mass is 35.5. The molecule has 0 aromatic heterocycles. The molecule has 0 N–H and O–H groups in total. The van der Waals surface area contributed by atoms with Crippen LogP contribution in [0.3, 0.4) is 0 Å². The van der Waals surface area contributed by atoms with E-state index in [1.54, 1.807) is 0 Å². The van der Waals surface area contributed by atoms with Crippen molar-refractivity contribution in [1.82, 2.24) is 4.90 Å². The summed E-state index contributed by atoms with van der Waals surface area (Å²) in [4.78, 5) is 4.93. The number of benzene rings is 1. The predicted octanol–water partition coefficient (Wildman–Crippen LogP) is 4.00. The van der Waals surface area contributed by atoms with Crippen LogP contribution in [0.25, 0.3) is 0 Å². The molecule has 1 aliphatic rings. The Hall–Kier alpha value is -0.440. The van der Waals surface area contributed by atoms with Gasteiger partial charge in [0.25, 0.3) is 0 Å². The summed E-state index contributed by atoms with van der Waals surface area (Å²) in [5.41, 5.74) is 2.22. The molecule has 0 saturated carbocycles. The summed E-state index contributed by atoms with van der Waals surface area (Å²) in [6, 6.07) is 6.82. The van der Waals surface area contributed by atoms with Gasteiger partial charge >= 0.3 is 0 Å². The Kier molecular flexibility index (Phi) is 5.37. The van der Waals surface area contributed by atoms with Crippen LogP contribution in [0.15, 0.2) is 18.2 Å². The van der Waals surface area contributed by atoms with Gasteiger partial charge in [0.15, 0.2) is 0 Å². The lowest BCUT2D eigenvalue weighted by molar-refractivity contribution is 0.193. The van der Waals surface area contributed by atoms with Gasteiger partial charge in [-0.15, -0.1) is 11.6 Å². The zero-order valence-electron chi connectivity index (χ0n) is 11.7. The van der Waals surface area contributed by atoms with Crippen molar-refractivity contribution in [2.45, 2.75) is 32.2 Å². The normalized spacial score (nSPS) is 18.6. The molecule has 1 aromatic rings. The van der Waals surface area contributed by atoms with Gasteiger partial charge in [-0.25, -0.2) is 0 Å². The summed E-state index contributed by atoms with van der Waals surface area (Å²) in [6.45, 7) is 8.87. The first-order valence-electron chi connectivity index (χ1n) is 6.99. The highest BCUT2D eigenvalue weighted by Gasteiger charge is 2.21. The van der Waals surface area contributed by atoms with Crippen molar-refractivity contribution < 1.29 is 0 Å². The van der Waals surface area contributed by atoms with Gasteiger partial charge in [-0.05, 0) is 31.0 Å². The van der Waals surface area contributed by atoms with Crippen LogP contribution in [0.5, 0.6) is 0 Å². The molecule has 1 aromatic carbocycles. The Morgan fingerprint density at radius 2 is 1.89 bits per heavy atom. The van der Waals surface area contributed by atoms with Crippen molar-refractivity contribution in [3.63, 3.8) is 0 Å². The van der Waals surface area contributed by atoms with Gasteiger partial charge in [0.05, 0.1) is 10.7 Å². The zero-order chi connectivity index (χ0) is 13.8. The lowest BCUT2D eigenvalue weighted by Gasteiger charge is -2.39. The van der Waals surface area contributed by atoms with E-state index in [1.165, 1.54) is 6.42 Å². The summed E-state index contributed by atoms with van der Waals surface area (Å²) in [7, 11) is 0. The number of hydrogen-bond acceptors (Lipinski definition) is 2. The average molecular weight is 301 g/mol. The fourth-order valence-electron chi connectivity index (χ4n) is 2.55. The van der Waals surface area contributed by atoms with E-state index in [0.717, 1.165) is 42.5 Å². The number of halogens is 2. The number of alkyl halides is 1. The third-order valence-corrected chi connectivity index (χ3v) is 4.65. The van der Waals surface area contributed by atoms with Gasteiger partial charge in [-0.2, -0.15) is 0 Å². The van der Waals surface area contributed by atoms with Crippen LogP contribution >= 0.6 is 23.2 Å². The van der Waals surface area contributed by atoms with Gasteiger partial charge in [-0.1, -0.05) is 24.6 Å². The Balaban J connectivity index is 2.01. The molecule has 1 unspecified atom stereocenters. The van der Waals surface area contributed by atoms with E-state index < -0.39 is 0 Å². The van der Waals surface area contributed by atoms with Gasteiger partial charge in [-0.3, -0.25) is 4.90 Å². The van der Waals surface area contributed by atoms with Crippen LogP contribution in [-0.4, -0.2) is 37.1 Å². The Bertz CT molecular complexity index is 415. The van der Waals surface area contributed by atoms with Crippen LogP contribution in [0.1, 0.15) is 25.8 Å². The quantitative estimate of drug-likeness (QED) is 0.776. The first-order chi connectivity index (χ1) is 9.15. The Labute approximate surface area is 126 Å². The van der Waals surface area contributed by atoms with E-state index in [9.17, 15) is 0 Å². The lowest BCUT2D eigenvalue weighted by atomic mass is 10.1. The first kappa shape index (κ1) is 15.0. The van der Waals surface area contributed by atoms with E-state index >= 15 is 0 Å². The molecule has 2 nitrogen and oxygen atoms in total. The molecule has 106 valence electrons. The molecule has 0 bridgehead atoms. The number of hydrogen-bond donors (Lipinski definition) is 0. The number of rotatable bonds is 4. The summed E-state index contributed by atoms with van der Waals surface area (Å²) in [6.07, 6.45) is 1.21. The van der Waals surface area contributed by atoms with Crippen LogP contribution in [-0.2, 0) is 5.88 Å². The van der Waals surface area contributed by atoms with Crippen LogP contribution in [0.4, 0.5) is 5.69 Å². The maximum absolute atomic E-state index is 6.35. The largest absolute Gasteiger partial charge is 0.368 e. The first-order valence-corrected chi connectivity index (χ1v) is 7.90. The smallest absolute Gasteiger partial charge is 0.0642 e. The average Bonchev–Trinajstić information content (AvgIpc) is 2.46. The second-order valence-electron chi connectivity index (χ2n) is 5.20. The van der Waals surface area contributed by atoms with Crippen molar-refractivity contribution in [2.75, 3.05) is 31.1 Å². The molecule has 19 heavy (non-hydrogen) atoms. The van der Waals surface area contributed by atoms with Gasteiger partial charge in [0.2, 0.25) is 0 Å². The van der Waals surface area contributed by atoms with E-state index in [1.807, 2.05) is 6.07 Å². The number of nitrogens with zero attached hydrogens (tertiary/aromatic N) is 2. The van der Waals surface area contributed by atoms with Crippen molar-refractivity contribution >= 4 is 28.9 Å². The second kappa shape index (κ2) is 6.83. The minimum absolute atomic E-state index is 0.516. The van der Waals surface area contributed by atoms with E-state index in [2.05, 4.69) is 35.8 Å². The fraction of sp³-hybridized carbons (Fsp3) is 0.600. The Morgan fingerprint density at radius 3 is 2.42 bits per heavy atom. The fourth-order valence-corrected chi connectivity index (χ4v) is 3.04. The number of anilines is 1. The standard InChI is InChI=1S/C15H22Cl2N2/c1-3-12(2)18-6-8-19(9-7-18)15-5-4-13(11-16)10-14(15)17/h4-5,10,12H,3,6-9,11H2,1-2H3. The molecule has 1 saturated heterocycles.